The molecule has 7 heteroatoms. The van der Waals surface area contributed by atoms with E-state index in [2.05, 4.69) is 31.4 Å². The maximum Gasteiger partial charge on any atom is 0.244 e. The molecule has 0 aliphatic heterocycles. The number of nitrogens with one attached hydrogen (secondary N) is 1. The lowest BCUT2D eigenvalue weighted by atomic mass is 10.3. The Balaban J connectivity index is 2.00. The van der Waals surface area contributed by atoms with Crippen LogP contribution in [0.5, 0.6) is 0 Å². The van der Waals surface area contributed by atoms with E-state index in [1.54, 1.807) is 21.8 Å². The van der Waals surface area contributed by atoms with Crippen LogP contribution in [-0.4, -0.2) is 25.5 Å². The maximum atomic E-state index is 12.1. The third kappa shape index (κ3) is 2.86. The number of amides is 1. The Morgan fingerprint density at radius 3 is 2.79 bits per heavy atom. The van der Waals surface area contributed by atoms with E-state index in [0.717, 1.165) is 15.9 Å². The zero-order valence-electron chi connectivity index (χ0n) is 11.1. The molecule has 2 rings (SSSR count). The standard InChI is InChI=1S/C12H16BrN5O/c1-8-11(13)7-16-18(8)9(2)12(19)14-6-10-4-5-15-17(10)3/h4-5,7,9H,6H2,1-3H3,(H,14,19). The van der Waals surface area contributed by atoms with Crippen molar-refractivity contribution in [2.24, 2.45) is 7.05 Å². The molecule has 2 aromatic rings. The number of hydrogen-bond donors (Lipinski definition) is 1. The monoisotopic (exact) mass is 325 g/mol. The zero-order chi connectivity index (χ0) is 14.0. The quantitative estimate of drug-likeness (QED) is 0.927. The molecule has 1 N–H and O–H groups in total. The molecule has 19 heavy (non-hydrogen) atoms. The fraction of sp³-hybridized carbons (Fsp3) is 0.417. The highest BCUT2D eigenvalue weighted by Gasteiger charge is 2.18. The van der Waals surface area contributed by atoms with Crippen molar-refractivity contribution in [3.05, 3.63) is 34.3 Å². The van der Waals surface area contributed by atoms with Gasteiger partial charge in [-0.1, -0.05) is 0 Å². The fourth-order valence-electron chi connectivity index (χ4n) is 1.80. The van der Waals surface area contributed by atoms with Crippen molar-refractivity contribution in [3.8, 4) is 0 Å². The van der Waals surface area contributed by atoms with Crippen LogP contribution in [0.2, 0.25) is 0 Å². The van der Waals surface area contributed by atoms with E-state index in [0.29, 0.717) is 6.54 Å². The second-order valence-electron chi connectivity index (χ2n) is 4.36. The summed E-state index contributed by atoms with van der Waals surface area (Å²) in [6.45, 7) is 4.20. The van der Waals surface area contributed by atoms with Gasteiger partial charge >= 0.3 is 0 Å². The maximum absolute atomic E-state index is 12.1. The summed E-state index contributed by atoms with van der Waals surface area (Å²) in [4.78, 5) is 12.1. The van der Waals surface area contributed by atoms with Gasteiger partial charge in [0.05, 0.1) is 28.6 Å². The predicted molar refractivity (Wildman–Crippen MR) is 74.4 cm³/mol. The van der Waals surface area contributed by atoms with Gasteiger partial charge in [0.1, 0.15) is 6.04 Å². The summed E-state index contributed by atoms with van der Waals surface area (Å²) in [7, 11) is 1.85. The largest absolute Gasteiger partial charge is 0.349 e. The molecule has 0 saturated carbocycles. The van der Waals surface area contributed by atoms with Gasteiger partial charge in [-0.15, -0.1) is 0 Å². The number of halogens is 1. The molecule has 2 aromatic heterocycles. The summed E-state index contributed by atoms with van der Waals surface area (Å²) < 4.78 is 4.34. The van der Waals surface area contributed by atoms with E-state index < -0.39 is 0 Å². The lowest BCUT2D eigenvalue weighted by Gasteiger charge is -2.14. The molecule has 1 atom stereocenters. The average Bonchev–Trinajstić information content (AvgIpc) is 2.94. The molecule has 0 fully saturated rings. The smallest absolute Gasteiger partial charge is 0.244 e. The topological polar surface area (TPSA) is 64.7 Å². The third-order valence-corrected chi connectivity index (χ3v) is 3.88. The molecule has 0 bridgehead atoms. The number of carbonyl (C=O) groups excluding carboxylic acids is 1. The molecular weight excluding hydrogens is 310 g/mol. The molecule has 0 radical (unpaired) electrons. The molecule has 2 heterocycles. The first-order chi connectivity index (χ1) is 9.00. The van der Waals surface area contributed by atoms with Crippen LogP contribution in [-0.2, 0) is 18.4 Å². The Kier molecular flexibility index (Phi) is 4.04. The van der Waals surface area contributed by atoms with Gasteiger partial charge in [0, 0.05) is 13.2 Å². The number of nitrogens with zero attached hydrogens (tertiary/aromatic N) is 4. The van der Waals surface area contributed by atoms with E-state index >= 15 is 0 Å². The van der Waals surface area contributed by atoms with Gasteiger partial charge in [-0.2, -0.15) is 10.2 Å². The molecule has 102 valence electrons. The summed E-state index contributed by atoms with van der Waals surface area (Å²) in [6.07, 6.45) is 3.40. The highest BCUT2D eigenvalue weighted by atomic mass is 79.9. The second kappa shape index (κ2) is 5.56. The van der Waals surface area contributed by atoms with Crippen molar-refractivity contribution in [1.29, 1.82) is 0 Å². The van der Waals surface area contributed by atoms with Gasteiger partial charge in [0.25, 0.3) is 0 Å². The average molecular weight is 326 g/mol. The Morgan fingerprint density at radius 2 is 2.26 bits per heavy atom. The molecule has 1 amide bonds. The van der Waals surface area contributed by atoms with Crippen molar-refractivity contribution in [1.82, 2.24) is 24.9 Å². The number of aryl methyl sites for hydroxylation is 1. The number of rotatable bonds is 4. The number of aromatic nitrogens is 4. The second-order valence-corrected chi connectivity index (χ2v) is 5.22. The summed E-state index contributed by atoms with van der Waals surface area (Å²) in [5.74, 6) is -0.0695. The molecule has 0 aliphatic carbocycles. The van der Waals surface area contributed by atoms with Crippen LogP contribution in [0.3, 0.4) is 0 Å². The first-order valence-corrected chi connectivity index (χ1v) is 6.74. The summed E-state index contributed by atoms with van der Waals surface area (Å²) in [5.41, 5.74) is 1.89. The first-order valence-electron chi connectivity index (χ1n) is 5.95. The predicted octanol–water partition coefficient (Wildman–Crippen LogP) is 1.56. The summed E-state index contributed by atoms with van der Waals surface area (Å²) in [6, 6.07) is 1.53. The summed E-state index contributed by atoms with van der Waals surface area (Å²) >= 11 is 3.39. The third-order valence-electron chi connectivity index (χ3n) is 3.10. The van der Waals surface area contributed by atoms with Crippen LogP contribution < -0.4 is 5.32 Å². The summed E-state index contributed by atoms with van der Waals surface area (Å²) in [5, 5.41) is 11.1. The Bertz CT molecular complexity index is 589. The van der Waals surface area contributed by atoms with Crippen LogP contribution in [0.25, 0.3) is 0 Å². The van der Waals surface area contributed by atoms with Gasteiger partial charge < -0.3 is 5.32 Å². The van der Waals surface area contributed by atoms with E-state index in [-0.39, 0.29) is 11.9 Å². The van der Waals surface area contributed by atoms with Gasteiger partial charge in [-0.25, -0.2) is 0 Å². The SMILES string of the molecule is Cc1c(Br)cnn1C(C)C(=O)NCc1ccnn1C. The molecule has 0 aromatic carbocycles. The minimum atomic E-state index is -0.348. The van der Waals surface area contributed by atoms with Crippen LogP contribution in [0.1, 0.15) is 24.4 Å². The van der Waals surface area contributed by atoms with Crippen molar-refractivity contribution in [2.45, 2.75) is 26.4 Å². The molecule has 1 unspecified atom stereocenters. The van der Waals surface area contributed by atoms with Crippen molar-refractivity contribution in [2.75, 3.05) is 0 Å². The van der Waals surface area contributed by atoms with Crippen LogP contribution in [0, 0.1) is 6.92 Å². The molecule has 0 saturated heterocycles. The van der Waals surface area contributed by atoms with Crippen LogP contribution >= 0.6 is 15.9 Å². The molecule has 0 aliphatic rings. The Morgan fingerprint density at radius 1 is 1.53 bits per heavy atom. The van der Waals surface area contributed by atoms with Gasteiger partial charge in [0.2, 0.25) is 5.91 Å². The van der Waals surface area contributed by atoms with E-state index in [1.807, 2.05) is 27.0 Å². The van der Waals surface area contributed by atoms with Crippen LogP contribution in [0.4, 0.5) is 0 Å². The van der Waals surface area contributed by atoms with Crippen molar-refractivity contribution in [3.63, 3.8) is 0 Å². The molecule has 6 nitrogen and oxygen atoms in total. The minimum Gasteiger partial charge on any atom is -0.349 e. The van der Waals surface area contributed by atoms with Gasteiger partial charge in [-0.05, 0) is 35.8 Å². The lowest BCUT2D eigenvalue weighted by molar-refractivity contribution is -0.124. The molecule has 0 spiro atoms. The lowest BCUT2D eigenvalue weighted by Crippen LogP contribution is -2.32. The Labute approximate surface area is 119 Å². The van der Waals surface area contributed by atoms with E-state index in [9.17, 15) is 4.79 Å². The Hall–Kier alpha value is -1.63. The van der Waals surface area contributed by atoms with E-state index in [1.165, 1.54) is 0 Å². The molecular formula is C12H16BrN5O. The van der Waals surface area contributed by atoms with Gasteiger partial charge in [0.15, 0.2) is 0 Å². The normalized spacial score (nSPS) is 12.4. The highest BCUT2D eigenvalue weighted by Crippen LogP contribution is 2.18. The van der Waals surface area contributed by atoms with E-state index in [4.69, 9.17) is 0 Å². The fourth-order valence-corrected chi connectivity index (χ4v) is 2.08. The first kappa shape index (κ1) is 13.8. The van der Waals surface area contributed by atoms with Crippen molar-refractivity contribution < 1.29 is 4.79 Å². The highest BCUT2D eigenvalue weighted by molar-refractivity contribution is 9.10. The van der Waals surface area contributed by atoms with Crippen molar-refractivity contribution >= 4 is 21.8 Å². The zero-order valence-corrected chi connectivity index (χ0v) is 12.7. The van der Waals surface area contributed by atoms with Gasteiger partial charge in [-0.3, -0.25) is 14.2 Å². The van der Waals surface area contributed by atoms with Crippen LogP contribution in [0.15, 0.2) is 22.9 Å². The number of carbonyl (C=O) groups is 1. The number of hydrogen-bond acceptors (Lipinski definition) is 3. The minimum absolute atomic E-state index is 0.0695.